The molecule has 0 saturated heterocycles. The molecule has 6 aromatic rings. The van der Waals surface area contributed by atoms with Gasteiger partial charge in [0.1, 0.15) is 28.5 Å². The highest BCUT2D eigenvalue weighted by atomic mass is 32.1. The van der Waals surface area contributed by atoms with E-state index in [2.05, 4.69) is 25.5 Å². The Bertz CT molecular complexity index is 2370. The van der Waals surface area contributed by atoms with E-state index in [0.29, 0.717) is 71.7 Å². The standard InChI is InChI=1S/C22H24N4O4S.C17H16N4O2S/c1-22(2,3)30-21(28)24-20-23-19-15-12-26(11-13-5-7-14(29-4)8-6-13)25-18(15)16(27)9-10-17(19)31-20;1-23-11-4-2-10(3-5-11)8-21-9-12-15(20-21)13(22)6-7-14-16(12)19-17(18)24-14/h5-8,12H,9-11H2,1-4H3,(H,23,24,28);2-5,9H,6-8H2,1H3,(H2,18,19). The largest absolute Gasteiger partial charge is 0.497 e. The van der Waals surface area contributed by atoms with Gasteiger partial charge in [0.15, 0.2) is 21.8 Å². The Morgan fingerprint density at radius 3 is 1.67 bits per heavy atom. The average molecular weight is 781 g/mol. The van der Waals surface area contributed by atoms with E-state index >= 15 is 0 Å². The number of hydrogen-bond donors (Lipinski definition) is 2. The minimum absolute atomic E-state index is 0.00432. The zero-order valence-electron chi connectivity index (χ0n) is 31.0. The first-order valence-corrected chi connectivity index (χ1v) is 19.2. The van der Waals surface area contributed by atoms with Crippen molar-refractivity contribution in [2.24, 2.45) is 0 Å². The lowest BCUT2D eigenvalue weighted by molar-refractivity contribution is 0.0635. The molecule has 2 aromatic carbocycles. The van der Waals surface area contributed by atoms with Crippen LogP contribution in [0.4, 0.5) is 15.1 Å². The van der Waals surface area contributed by atoms with Crippen LogP contribution < -0.4 is 20.5 Å². The fourth-order valence-electron chi connectivity index (χ4n) is 6.22. The first-order chi connectivity index (χ1) is 26.3. The lowest BCUT2D eigenvalue weighted by Crippen LogP contribution is -2.27. The number of nitrogens with zero attached hydrogens (tertiary/aromatic N) is 6. The summed E-state index contributed by atoms with van der Waals surface area (Å²) in [7, 11) is 3.27. The molecule has 55 heavy (non-hydrogen) atoms. The zero-order valence-corrected chi connectivity index (χ0v) is 32.7. The lowest BCUT2D eigenvalue weighted by Gasteiger charge is -2.18. The molecule has 0 radical (unpaired) electrons. The first-order valence-electron chi connectivity index (χ1n) is 17.6. The number of ketones is 2. The Balaban J connectivity index is 0.000000174. The van der Waals surface area contributed by atoms with Crippen LogP contribution in [0.2, 0.25) is 0 Å². The van der Waals surface area contributed by atoms with Gasteiger partial charge in [-0.3, -0.25) is 24.3 Å². The minimum Gasteiger partial charge on any atom is -0.497 e. The van der Waals surface area contributed by atoms with Crippen LogP contribution in [-0.4, -0.2) is 67.0 Å². The maximum atomic E-state index is 12.6. The molecule has 0 fully saturated rings. The zero-order chi connectivity index (χ0) is 38.9. The number of carbonyl (C=O) groups excluding carboxylic acids is 3. The molecule has 4 aromatic heterocycles. The Kier molecular flexibility index (Phi) is 10.5. The van der Waals surface area contributed by atoms with E-state index in [4.69, 9.17) is 19.9 Å². The summed E-state index contributed by atoms with van der Waals surface area (Å²) in [6.45, 7) is 6.52. The monoisotopic (exact) mass is 780 g/mol. The van der Waals surface area contributed by atoms with Crippen molar-refractivity contribution < 1.29 is 28.6 Å². The van der Waals surface area contributed by atoms with Crippen molar-refractivity contribution in [2.75, 3.05) is 25.3 Å². The molecule has 0 unspecified atom stereocenters. The number of nitrogens with two attached hydrogens (primary N) is 1. The molecule has 16 heteroatoms. The number of anilines is 2. The molecule has 3 N–H and O–H groups in total. The molecule has 0 aliphatic heterocycles. The van der Waals surface area contributed by atoms with E-state index in [-0.39, 0.29) is 11.6 Å². The number of Topliss-reactive ketones (excluding diaryl/α,β-unsaturated/α-hetero) is 2. The summed E-state index contributed by atoms with van der Waals surface area (Å²) >= 11 is 2.81. The number of thiazole rings is 2. The molecule has 284 valence electrons. The van der Waals surface area contributed by atoms with Gasteiger partial charge >= 0.3 is 6.09 Å². The van der Waals surface area contributed by atoms with Gasteiger partial charge in [-0.25, -0.2) is 14.8 Å². The fourth-order valence-corrected chi connectivity index (χ4v) is 8.02. The number of carbonyl (C=O) groups is 3. The summed E-state index contributed by atoms with van der Waals surface area (Å²) < 4.78 is 19.2. The van der Waals surface area contributed by atoms with Crippen LogP contribution in [0, 0.1) is 0 Å². The third kappa shape index (κ3) is 8.60. The second-order valence-electron chi connectivity index (χ2n) is 14.0. The normalized spacial score (nSPS) is 13.3. The van der Waals surface area contributed by atoms with Crippen molar-refractivity contribution in [3.63, 3.8) is 0 Å². The van der Waals surface area contributed by atoms with Gasteiger partial charge in [-0.2, -0.15) is 10.2 Å². The molecule has 1 amide bonds. The second-order valence-corrected chi connectivity index (χ2v) is 16.2. The van der Waals surface area contributed by atoms with E-state index in [9.17, 15) is 14.4 Å². The van der Waals surface area contributed by atoms with Gasteiger partial charge in [0.25, 0.3) is 0 Å². The fraction of sp³-hybridized carbons (Fsp3) is 0.308. The number of amides is 1. The van der Waals surface area contributed by atoms with E-state index in [1.54, 1.807) is 44.4 Å². The van der Waals surface area contributed by atoms with Crippen molar-refractivity contribution in [3.05, 3.63) is 93.2 Å². The molecule has 14 nitrogen and oxygen atoms in total. The van der Waals surface area contributed by atoms with Crippen LogP contribution in [0.15, 0.2) is 60.9 Å². The highest BCUT2D eigenvalue weighted by Crippen LogP contribution is 2.38. The number of fused-ring (bicyclic) bond motifs is 6. The Morgan fingerprint density at radius 2 is 1.20 bits per heavy atom. The second kappa shape index (κ2) is 15.5. The van der Waals surface area contributed by atoms with Crippen molar-refractivity contribution in [2.45, 2.75) is 65.1 Å². The summed E-state index contributed by atoms with van der Waals surface area (Å²) in [5, 5.41) is 12.7. The Hall–Kier alpha value is -5.87. The van der Waals surface area contributed by atoms with Gasteiger partial charge in [-0.1, -0.05) is 24.3 Å². The van der Waals surface area contributed by atoms with Crippen molar-refractivity contribution >= 4 is 50.6 Å². The summed E-state index contributed by atoms with van der Waals surface area (Å²) in [5.74, 6) is 1.65. The van der Waals surface area contributed by atoms with Gasteiger partial charge in [0, 0.05) is 35.0 Å². The maximum Gasteiger partial charge on any atom is 0.413 e. The summed E-state index contributed by atoms with van der Waals surface area (Å²) in [6, 6.07) is 15.5. The molecular formula is C39H40N8O6S2. The smallest absolute Gasteiger partial charge is 0.413 e. The van der Waals surface area contributed by atoms with E-state index in [1.165, 1.54) is 22.7 Å². The molecule has 0 atom stereocenters. The van der Waals surface area contributed by atoms with E-state index < -0.39 is 11.7 Å². The predicted octanol–water partition coefficient (Wildman–Crippen LogP) is 7.31. The molecule has 2 aliphatic rings. The number of benzene rings is 2. The summed E-state index contributed by atoms with van der Waals surface area (Å²) in [6.07, 6.45) is 5.23. The van der Waals surface area contributed by atoms with Crippen LogP contribution in [0.5, 0.6) is 11.5 Å². The van der Waals surface area contributed by atoms with Crippen LogP contribution in [0.1, 0.15) is 75.5 Å². The molecule has 8 rings (SSSR count). The van der Waals surface area contributed by atoms with Gasteiger partial charge in [-0.05, 0) is 69.0 Å². The summed E-state index contributed by atoms with van der Waals surface area (Å²) in [5.41, 5.74) is 11.3. The van der Waals surface area contributed by atoms with Gasteiger partial charge in [0.2, 0.25) is 0 Å². The number of aryl methyl sites for hydroxylation is 2. The number of methoxy groups -OCH3 is 2. The molecule has 0 saturated carbocycles. The Labute approximate surface area is 325 Å². The van der Waals surface area contributed by atoms with Crippen LogP contribution in [0.25, 0.3) is 22.5 Å². The first kappa shape index (κ1) is 37.4. The van der Waals surface area contributed by atoms with Crippen LogP contribution in [0.3, 0.4) is 0 Å². The van der Waals surface area contributed by atoms with Crippen LogP contribution in [-0.2, 0) is 30.7 Å². The van der Waals surface area contributed by atoms with Crippen LogP contribution >= 0.6 is 22.7 Å². The molecule has 4 heterocycles. The average Bonchev–Trinajstić information content (AvgIpc) is 3.92. The number of aromatic nitrogens is 6. The van der Waals surface area contributed by atoms with Crippen molar-refractivity contribution in [1.82, 2.24) is 29.5 Å². The molecule has 0 bridgehead atoms. The number of nitrogen functional groups attached to an aromatic ring is 1. The number of hydrogen-bond acceptors (Lipinski definition) is 13. The highest BCUT2D eigenvalue weighted by Gasteiger charge is 2.29. The third-order valence-electron chi connectivity index (χ3n) is 8.75. The van der Waals surface area contributed by atoms with E-state index in [1.807, 2.05) is 60.9 Å². The SMILES string of the molecule is COc1ccc(Cn2cc3c(n2)C(=O)CCc2sc(N)nc2-3)cc1.COc1ccc(Cn2cc3c(n2)C(=O)CCc2sc(NC(=O)OC(C)(C)C)nc2-3)cc1. The minimum atomic E-state index is -0.597. The van der Waals surface area contributed by atoms with Gasteiger partial charge in [-0.15, -0.1) is 22.7 Å². The molecule has 2 aliphatic carbocycles. The number of rotatable bonds is 7. The quantitative estimate of drug-likeness (QED) is 0.166. The topological polar surface area (TPSA) is 178 Å². The van der Waals surface area contributed by atoms with Gasteiger partial charge in [0.05, 0.1) is 49.8 Å². The van der Waals surface area contributed by atoms with Gasteiger partial charge < -0.3 is 19.9 Å². The van der Waals surface area contributed by atoms with Crippen molar-refractivity contribution in [3.8, 4) is 34.0 Å². The number of ether oxygens (including phenoxy) is 3. The third-order valence-corrected chi connectivity index (χ3v) is 10.7. The molecular weight excluding hydrogens is 741 g/mol. The van der Waals surface area contributed by atoms with E-state index in [0.717, 1.165) is 43.6 Å². The predicted molar refractivity (Wildman–Crippen MR) is 210 cm³/mol. The molecule has 0 spiro atoms. The maximum absolute atomic E-state index is 12.6. The van der Waals surface area contributed by atoms with Crippen molar-refractivity contribution in [1.29, 1.82) is 0 Å². The highest BCUT2D eigenvalue weighted by molar-refractivity contribution is 7.16. The number of nitrogens with one attached hydrogen (secondary N) is 1. The Morgan fingerprint density at radius 1 is 0.727 bits per heavy atom. The lowest BCUT2D eigenvalue weighted by atomic mass is 10.1. The summed E-state index contributed by atoms with van der Waals surface area (Å²) in [4.78, 5) is 48.1.